The predicted molar refractivity (Wildman–Crippen MR) is 69.2 cm³/mol. The molecule has 5 heteroatoms. The Balaban J connectivity index is 1.79. The summed E-state index contributed by atoms with van der Waals surface area (Å²) in [5, 5.41) is 31.9. The van der Waals surface area contributed by atoms with Crippen LogP contribution in [0.3, 0.4) is 0 Å². The number of carbonyl (C=O) groups excluding carboxylic acids is 1. The second-order valence-corrected chi connectivity index (χ2v) is 7.41. The third kappa shape index (κ3) is 0.748. The van der Waals surface area contributed by atoms with Crippen LogP contribution in [-0.2, 0) is 15.6 Å². The summed E-state index contributed by atoms with van der Waals surface area (Å²) in [5.41, 5.74) is -0.378. The summed E-state index contributed by atoms with van der Waals surface area (Å²) < 4.78 is 5.79. The van der Waals surface area contributed by atoms with Crippen LogP contribution < -0.4 is 4.74 Å². The first-order chi connectivity index (χ1) is 9.97. The highest BCUT2D eigenvalue weighted by Gasteiger charge is 2.90. The van der Waals surface area contributed by atoms with Gasteiger partial charge in [0.25, 0.3) is 0 Å². The van der Waals surface area contributed by atoms with E-state index in [0.29, 0.717) is 12.2 Å². The lowest BCUT2D eigenvalue weighted by molar-refractivity contribution is -0.181. The molecule has 108 valence electrons. The second kappa shape index (κ2) is 2.59. The summed E-state index contributed by atoms with van der Waals surface area (Å²) in [6.45, 7) is 0. The number of aliphatic hydroxyl groups excluding tert-OH is 1. The van der Waals surface area contributed by atoms with Gasteiger partial charge in [0.1, 0.15) is 5.60 Å². The van der Waals surface area contributed by atoms with E-state index in [1.165, 1.54) is 0 Å². The van der Waals surface area contributed by atoms with Crippen molar-refractivity contribution in [1.29, 1.82) is 0 Å². The minimum Gasteiger partial charge on any atom is -0.504 e. The smallest absolute Gasteiger partial charge is 0.177 e. The highest BCUT2D eigenvalue weighted by Crippen LogP contribution is 2.84. The fraction of sp³-hybridized carbons (Fsp3) is 0.562. The predicted octanol–water partition coefficient (Wildman–Crippen LogP) is 0.131. The Labute approximate surface area is 120 Å². The van der Waals surface area contributed by atoms with Gasteiger partial charge in [-0.15, -0.1) is 0 Å². The molecule has 0 amide bonds. The first kappa shape index (κ1) is 11.0. The Hall–Kier alpha value is -1.59. The first-order valence-corrected chi connectivity index (χ1v) is 7.43. The summed E-state index contributed by atoms with van der Waals surface area (Å²) in [7, 11) is 0. The van der Waals surface area contributed by atoms with Crippen LogP contribution >= 0.6 is 0 Å². The molecule has 2 bridgehead atoms. The topological polar surface area (TPSA) is 87.0 Å². The number of phenols is 1. The van der Waals surface area contributed by atoms with Crippen molar-refractivity contribution < 1.29 is 24.9 Å². The summed E-state index contributed by atoms with van der Waals surface area (Å²) in [6.07, 6.45) is -0.374. The highest BCUT2D eigenvalue weighted by atomic mass is 16.5. The number of hydrogen-bond acceptors (Lipinski definition) is 5. The molecule has 1 aliphatic heterocycles. The lowest BCUT2D eigenvalue weighted by atomic mass is 9.57. The summed E-state index contributed by atoms with van der Waals surface area (Å²) >= 11 is 0. The molecule has 3 fully saturated rings. The maximum absolute atomic E-state index is 12.4. The molecule has 0 aromatic heterocycles. The van der Waals surface area contributed by atoms with Crippen molar-refractivity contribution in [2.75, 3.05) is 0 Å². The van der Waals surface area contributed by atoms with Crippen LogP contribution in [-0.4, -0.2) is 38.9 Å². The molecule has 6 atom stereocenters. The van der Waals surface area contributed by atoms with E-state index < -0.39 is 23.2 Å². The first-order valence-electron chi connectivity index (χ1n) is 7.43. The average Bonchev–Trinajstić information content (AvgIpc) is 2.85. The van der Waals surface area contributed by atoms with Crippen molar-refractivity contribution in [3.05, 3.63) is 23.3 Å². The van der Waals surface area contributed by atoms with E-state index >= 15 is 0 Å². The third-order valence-electron chi connectivity index (χ3n) is 6.91. The zero-order chi connectivity index (χ0) is 14.4. The summed E-state index contributed by atoms with van der Waals surface area (Å²) in [5.74, 6) is 0.193. The molecule has 1 heterocycles. The molecule has 1 aromatic rings. The van der Waals surface area contributed by atoms with Crippen molar-refractivity contribution in [2.45, 2.75) is 47.9 Å². The van der Waals surface area contributed by atoms with Gasteiger partial charge < -0.3 is 20.1 Å². The fourth-order valence-corrected chi connectivity index (χ4v) is 6.23. The number of aromatic hydroxyl groups is 1. The molecular weight excluding hydrogens is 272 g/mol. The summed E-state index contributed by atoms with van der Waals surface area (Å²) in [6, 6.07) is 3.52. The number of rotatable bonds is 0. The van der Waals surface area contributed by atoms with Crippen molar-refractivity contribution in [1.82, 2.24) is 0 Å². The van der Waals surface area contributed by atoms with Crippen LogP contribution in [0.1, 0.15) is 30.4 Å². The normalized spacial score (nSPS) is 53.4. The summed E-state index contributed by atoms with van der Waals surface area (Å²) in [4.78, 5) is 12.4. The van der Waals surface area contributed by atoms with Gasteiger partial charge in [-0.25, -0.2) is 0 Å². The number of carbonyl (C=O) groups is 1. The molecule has 6 unspecified atom stereocenters. The van der Waals surface area contributed by atoms with Gasteiger partial charge in [-0.2, -0.15) is 0 Å². The minimum atomic E-state index is -1.29. The van der Waals surface area contributed by atoms with Crippen LogP contribution in [0.5, 0.6) is 11.5 Å². The minimum absolute atomic E-state index is 0.00203. The van der Waals surface area contributed by atoms with Crippen LogP contribution in [0.2, 0.25) is 0 Å². The second-order valence-electron chi connectivity index (χ2n) is 7.41. The lowest BCUT2D eigenvalue weighted by Gasteiger charge is -2.50. The Morgan fingerprint density at radius 2 is 2.14 bits per heavy atom. The Morgan fingerprint density at radius 1 is 1.33 bits per heavy atom. The third-order valence-corrected chi connectivity index (χ3v) is 6.91. The lowest BCUT2D eigenvalue weighted by Crippen LogP contribution is -2.68. The Morgan fingerprint density at radius 3 is 2.95 bits per heavy atom. The SMILES string of the molecule is O=C1CC(O)C2(O)C3CC34CC23c2c4ccc(O)c2OC13. The van der Waals surface area contributed by atoms with Crippen LogP contribution in [0, 0.1) is 5.92 Å². The van der Waals surface area contributed by atoms with Gasteiger partial charge in [0.2, 0.25) is 0 Å². The Bertz CT molecular complexity index is 772. The molecule has 3 saturated carbocycles. The number of fused-ring (bicyclic) bond motifs is 1. The number of aliphatic hydroxyl groups is 2. The molecule has 0 radical (unpaired) electrons. The van der Waals surface area contributed by atoms with Gasteiger partial charge in [0.05, 0.1) is 11.5 Å². The Kier molecular flexibility index (Phi) is 1.36. The molecule has 5 aliphatic rings. The monoisotopic (exact) mass is 286 g/mol. The number of phenolic OH excluding ortho intramolecular Hbond substituents is 1. The van der Waals surface area contributed by atoms with E-state index in [0.717, 1.165) is 17.5 Å². The molecule has 3 N–H and O–H groups in total. The molecule has 2 spiro atoms. The van der Waals surface area contributed by atoms with Gasteiger partial charge in [-0.05, 0) is 24.5 Å². The zero-order valence-corrected chi connectivity index (χ0v) is 11.2. The van der Waals surface area contributed by atoms with Crippen molar-refractivity contribution >= 4 is 5.78 Å². The standard InChI is InChI=1S/C16H14O5/c17-7-2-1-6-11-12(7)21-13-8(18)3-10(19)16(20)9-4-14(6,9)5-15(11,13)16/h1-2,9-10,13,17,19-20H,3-5H2. The largest absolute Gasteiger partial charge is 0.504 e. The van der Waals surface area contributed by atoms with E-state index in [9.17, 15) is 20.1 Å². The molecule has 5 nitrogen and oxygen atoms in total. The molecule has 21 heavy (non-hydrogen) atoms. The zero-order valence-electron chi connectivity index (χ0n) is 11.2. The fourth-order valence-electron chi connectivity index (χ4n) is 6.23. The van der Waals surface area contributed by atoms with Crippen molar-refractivity contribution in [3.8, 4) is 11.5 Å². The maximum Gasteiger partial charge on any atom is 0.177 e. The average molecular weight is 286 g/mol. The van der Waals surface area contributed by atoms with E-state index in [-0.39, 0.29) is 29.3 Å². The van der Waals surface area contributed by atoms with Crippen LogP contribution in [0.15, 0.2) is 12.1 Å². The number of benzene rings is 1. The molecule has 1 aromatic carbocycles. The van der Waals surface area contributed by atoms with E-state index in [1.54, 1.807) is 6.07 Å². The molecular formula is C16H14O5. The molecule has 6 rings (SSSR count). The van der Waals surface area contributed by atoms with Crippen molar-refractivity contribution in [3.63, 3.8) is 0 Å². The van der Waals surface area contributed by atoms with Gasteiger partial charge >= 0.3 is 0 Å². The highest BCUT2D eigenvalue weighted by molar-refractivity contribution is 5.92. The van der Waals surface area contributed by atoms with Gasteiger partial charge in [-0.1, -0.05) is 6.07 Å². The van der Waals surface area contributed by atoms with Gasteiger partial charge in [-0.3, -0.25) is 4.79 Å². The van der Waals surface area contributed by atoms with E-state index in [2.05, 4.69) is 0 Å². The van der Waals surface area contributed by atoms with E-state index in [1.807, 2.05) is 6.07 Å². The van der Waals surface area contributed by atoms with Gasteiger partial charge in [0.15, 0.2) is 23.4 Å². The van der Waals surface area contributed by atoms with Crippen molar-refractivity contribution in [2.24, 2.45) is 5.92 Å². The van der Waals surface area contributed by atoms with Crippen LogP contribution in [0.25, 0.3) is 0 Å². The number of ketones is 1. The number of ether oxygens (including phenoxy) is 1. The quantitative estimate of drug-likeness (QED) is 0.631. The number of hydrogen-bond donors (Lipinski definition) is 3. The van der Waals surface area contributed by atoms with E-state index in [4.69, 9.17) is 4.74 Å². The maximum atomic E-state index is 12.4. The number of Topliss-reactive ketones (excluding diaryl/α,β-unsaturated/α-hetero) is 1. The van der Waals surface area contributed by atoms with Crippen LogP contribution in [0.4, 0.5) is 0 Å². The van der Waals surface area contributed by atoms with Gasteiger partial charge in [0, 0.05) is 23.3 Å². The molecule has 4 aliphatic carbocycles. The molecule has 0 saturated heterocycles.